The molecular formula is C11H13BrN2O2S. The van der Waals surface area contributed by atoms with Crippen LogP contribution in [0.3, 0.4) is 0 Å². The van der Waals surface area contributed by atoms with E-state index in [2.05, 4.69) is 20.7 Å². The molecule has 0 heterocycles. The Morgan fingerprint density at radius 2 is 2.24 bits per heavy atom. The Labute approximate surface area is 110 Å². The Kier molecular flexibility index (Phi) is 5.12. The van der Waals surface area contributed by atoms with Crippen molar-refractivity contribution in [1.82, 2.24) is 4.72 Å². The minimum absolute atomic E-state index is 0.194. The summed E-state index contributed by atoms with van der Waals surface area (Å²) in [4.78, 5) is 0. The Bertz CT molecular complexity index is 523. The summed E-state index contributed by atoms with van der Waals surface area (Å²) in [5.74, 6) is 0. The molecule has 0 aromatic heterocycles. The van der Waals surface area contributed by atoms with Crippen molar-refractivity contribution in [1.29, 1.82) is 5.26 Å². The Balaban J connectivity index is 2.71. The van der Waals surface area contributed by atoms with E-state index in [1.807, 2.05) is 24.3 Å². The van der Waals surface area contributed by atoms with Gasteiger partial charge < -0.3 is 0 Å². The van der Waals surface area contributed by atoms with Crippen molar-refractivity contribution in [2.75, 3.05) is 0 Å². The van der Waals surface area contributed by atoms with Crippen LogP contribution in [0.4, 0.5) is 0 Å². The number of nitrogens with one attached hydrogen (secondary N) is 1. The van der Waals surface area contributed by atoms with E-state index in [9.17, 15) is 8.42 Å². The van der Waals surface area contributed by atoms with Crippen LogP contribution in [-0.2, 0) is 16.6 Å². The third-order valence-electron chi connectivity index (χ3n) is 2.26. The first kappa shape index (κ1) is 14.2. The Morgan fingerprint density at radius 3 is 2.76 bits per heavy atom. The van der Waals surface area contributed by atoms with Crippen LogP contribution >= 0.6 is 15.9 Å². The number of sulfonamides is 1. The third-order valence-corrected chi connectivity index (χ3v) is 4.48. The topological polar surface area (TPSA) is 70.0 Å². The molecular weight excluding hydrogens is 304 g/mol. The highest BCUT2D eigenvalue weighted by atomic mass is 79.9. The molecule has 0 bridgehead atoms. The van der Waals surface area contributed by atoms with Crippen molar-refractivity contribution in [3.05, 3.63) is 34.3 Å². The zero-order valence-electron chi connectivity index (χ0n) is 9.35. The minimum Gasteiger partial charge on any atom is -0.211 e. The van der Waals surface area contributed by atoms with Gasteiger partial charge in [0.25, 0.3) is 0 Å². The highest BCUT2D eigenvalue weighted by Gasteiger charge is 2.22. The fourth-order valence-electron chi connectivity index (χ4n) is 1.31. The third kappa shape index (κ3) is 4.11. The normalized spacial score (nSPS) is 13.0. The molecule has 0 amide bonds. The maximum atomic E-state index is 11.7. The monoisotopic (exact) mass is 316 g/mol. The van der Waals surface area contributed by atoms with Gasteiger partial charge in [-0.25, -0.2) is 13.1 Å². The lowest BCUT2D eigenvalue weighted by Gasteiger charge is -2.10. The smallest absolute Gasteiger partial charge is 0.211 e. The van der Waals surface area contributed by atoms with Gasteiger partial charge in [-0.3, -0.25) is 0 Å². The maximum absolute atomic E-state index is 11.7. The molecule has 0 aliphatic heterocycles. The summed E-state index contributed by atoms with van der Waals surface area (Å²) >= 11 is 3.31. The van der Waals surface area contributed by atoms with Crippen molar-refractivity contribution >= 4 is 26.0 Å². The lowest BCUT2D eigenvalue weighted by atomic mass is 10.2. The van der Waals surface area contributed by atoms with E-state index >= 15 is 0 Å². The molecule has 92 valence electrons. The molecule has 1 aromatic carbocycles. The van der Waals surface area contributed by atoms with Crippen molar-refractivity contribution in [2.24, 2.45) is 0 Å². The van der Waals surface area contributed by atoms with E-state index in [4.69, 9.17) is 5.26 Å². The fraction of sp³-hybridized carbons (Fsp3) is 0.364. The van der Waals surface area contributed by atoms with Gasteiger partial charge in [-0.2, -0.15) is 5.26 Å². The molecule has 1 rings (SSSR count). The van der Waals surface area contributed by atoms with E-state index in [0.717, 1.165) is 10.0 Å². The number of hydrogen-bond acceptors (Lipinski definition) is 3. The van der Waals surface area contributed by atoms with Gasteiger partial charge in [-0.05, 0) is 24.1 Å². The molecule has 1 unspecified atom stereocenters. The SMILES string of the molecule is CCC(C#N)S(=O)(=O)NCc1cccc(Br)c1. The van der Waals surface area contributed by atoms with Gasteiger partial charge in [0.1, 0.15) is 0 Å². The van der Waals surface area contributed by atoms with Crippen molar-refractivity contribution in [2.45, 2.75) is 25.1 Å². The fourth-order valence-corrected chi connectivity index (χ4v) is 2.90. The van der Waals surface area contributed by atoms with Gasteiger partial charge in [0.2, 0.25) is 10.0 Å². The molecule has 1 atom stereocenters. The quantitative estimate of drug-likeness (QED) is 0.905. The van der Waals surface area contributed by atoms with Gasteiger partial charge in [0.15, 0.2) is 5.25 Å². The average molecular weight is 317 g/mol. The molecule has 0 radical (unpaired) electrons. The Morgan fingerprint density at radius 1 is 1.53 bits per heavy atom. The molecule has 0 aliphatic carbocycles. The van der Waals surface area contributed by atoms with Crippen molar-refractivity contribution < 1.29 is 8.42 Å². The van der Waals surface area contributed by atoms with Gasteiger partial charge >= 0.3 is 0 Å². The molecule has 4 nitrogen and oxygen atoms in total. The van der Waals surface area contributed by atoms with Crippen LogP contribution in [0.1, 0.15) is 18.9 Å². The van der Waals surface area contributed by atoms with E-state index in [-0.39, 0.29) is 13.0 Å². The van der Waals surface area contributed by atoms with Crippen LogP contribution < -0.4 is 4.72 Å². The number of halogens is 1. The lowest BCUT2D eigenvalue weighted by molar-refractivity contribution is 0.572. The van der Waals surface area contributed by atoms with Gasteiger partial charge in [-0.15, -0.1) is 0 Å². The predicted octanol–water partition coefficient (Wildman–Crippen LogP) is 2.17. The number of benzene rings is 1. The number of rotatable bonds is 5. The summed E-state index contributed by atoms with van der Waals surface area (Å²) in [5.41, 5.74) is 0.843. The standard InChI is InChI=1S/C11H13BrN2O2S/c1-2-11(7-13)17(15,16)14-8-9-4-3-5-10(12)6-9/h3-6,11,14H,2,8H2,1H3. The average Bonchev–Trinajstić information content (AvgIpc) is 2.28. The van der Waals surface area contributed by atoms with Crippen LogP contribution in [-0.4, -0.2) is 13.7 Å². The number of nitrogens with zero attached hydrogens (tertiary/aromatic N) is 1. The lowest BCUT2D eigenvalue weighted by Crippen LogP contribution is -2.32. The summed E-state index contributed by atoms with van der Waals surface area (Å²) in [6.45, 7) is 1.87. The number of nitriles is 1. The van der Waals surface area contributed by atoms with Crippen molar-refractivity contribution in [3.8, 4) is 6.07 Å². The van der Waals surface area contributed by atoms with E-state index < -0.39 is 15.3 Å². The van der Waals surface area contributed by atoms with Crippen LogP contribution in [0, 0.1) is 11.3 Å². The summed E-state index contributed by atoms with van der Waals surface area (Å²) in [6, 6.07) is 9.12. The van der Waals surface area contributed by atoms with Crippen molar-refractivity contribution in [3.63, 3.8) is 0 Å². The zero-order valence-corrected chi connectivity index (χ0v) is 11.8. The molecule has 1 aromatic rings. The predicted molar refractivity (Wildman–Crippen MR) is 69.6 cm³/mol. The van der Waals surface area contributed by atoms with Gasteiger partial charge in [0, 0.05) is 11.0 Å². The first-order valence-electron chi connectivity index (χ1n) is 5.12. The van der Waals surface area contributed by atoms with Crippen LogP contribution in [0.2, 0.25) is 0 Å². The minimum atomic E-state index is -3.56. The Hall–Kier alpha value is -0.900. The molecule has 0 saturated heterocycles. The summed E-state index contributed by atoms with van der Waals surface area (Å²) in [6.07, 6.45) is 0.282. The molecule has 17 heavy (non-hydrogen) atoms. The largest absolute Gasteiger partial charge is 0.228 e. The second-order valence-corrected chi connectivity index (χ2v) is 6.39. The highest BCUT2D eigenvalue weighted by molar-refractivity contribution is 9.10. The molecule has 0 fully saturated rings. The molecule has 0 aliphatic rings. The second kappa shape index (κ2) is 6.15. The zero-order chi connectivity index (χ0) is 12.9. The van der Waals surface area contributed by atoms with Gasteiger partial charge in [-0.1, -0.05) is 35.0 Å². The van der Waals surface area contributed by atoms with Crippen LogP contribution in [0.25, 0.3) is 0 Å². The maximum Gasteiger partial charge on any atom is 0.228 e. The van der Waals surface area contributed by atoms with Gasteiger partial charge in [0.05, 0.1) is 6.07 Å². The van der Waals surface area contributed by atoms with Crippen LogP contribution in [0.15, 0.2) is 28.7 Å². The second-order valence-electron chi connectivity index (χ2n) is 3.52. The molecule has 6 heteroatoms. The molecule has 0 spiro atoms. The summed E-state index contributed by atoms with van der Waals surface area (Å²) < 4.78 is 26.7. The molecule has 0 saturated carbocycles. The first-order chi connectivity index (χ1) is 7.99. The van der Waals surface area contributed by atoms with E-state index in [0.29, 0.717) is 0 Å². The number of hydrogen-bond donors (Lipinski definition) is 1. The van der Waals surface area contributed by atoms with Crippen LogP contribution in [0.5, 0.6) is 0 Å². The first-order valence-corrected chi connectivity index (χ1v) is 7.46. The summed E-state index contributed by atoms with van der Waals surface area (Å²) in [5, 5.41) is 7.74. The highest BCUT2D eigenvalue weighted by Crippen LogP contribution is 2.12. The molecule has 1 N–H and O–H groups in total. The van der Waals surface area contributed by atoms with E-state index in [1.54, 1.807) is 13.0 Å². The van der Waals surface area contributed by atoms with E-state index in [1.165, 1.54) is 0 Å². The summed E-state index contributed by atoms with van der Waals surface area (Å²) in [7, 11) is -3.56.